The van der Waals surface area contributed by atoms with E-state index in [2.05, 4.69) is 12.6 Å². The van der Waals surface area contributed by atoms with E-state index in [1.165, 1.54) is 0 Å². The fourth-order valence-corrected chi connectivity index (χ4v) is 2.03. The van der Waals surface area contributed by atoms with Crippen LogP contribution in [0.2, 0.25) is 0 Å². The molecule has 0 aliphatic heterocycles. The molecule has 0 saturated heterocycles. The Hall–Kier alpha value is -2.53. The molecule has 0 fully saturated rings. The molecule has 2 rings (SSSR count). The summed E-state index contributed by atoms with van der Waals surface area (Å²) in [7, 11) is 0. The van der Waals surface area contributed by atoms with Crippen LogP contribution in [0.15, 0.2) is 43.0 Å². The maximum Gasteiger partial charge on any atom is 0.100 e. The quantitative estimate of drug-likeness (QED) is 0.804. The SMILES string of the molecule is C=Cc1cccc(-c2cccc(N)c2C)c1C#N. The molecule has 2 aromatic carbocycles. The van der Waals surface area contributed by atoms with E-state index < -0.39 is 0 Å². The van der Waals surface area contributed by atoms with Crippen molar-refractivity contribution in [1.82, 2.24) is 0 Å². The summed E-state index contributed by atoms with van der Waals surface area (Å²) in [5, 5.41) is 9.32. The van der Waals surface area contributed by atoms with Gasteiger partial charge in [-0.2, -0.15) is 5.26 Å². The lowest BCUT2D eigenvalue weighted by molar-refractivity contribution is 1.42. The zero-order valence-electron chi connectivity index (χ0n) is 10.3. The summed E-state index contributed by atoms with van der Waals surface area (Å²) >= 11 is 0. The number of rotatable bonds is 2. The fourth-order valence-electron chi connectivity index (χ4n) is 2.03. The number of hydrogen-bond donors (Lipinski definition) is 1. The third-order valence-electron chi connectivity index (χ3n) is 3.09. The van der Waals surface area contributed by atoms with Crippen LogP contribution >= 0.6 is 0 Å². The molecule has 0 atom stereocenters. The molecule has 0 aromatic heterocycles. The minimum atomic E-state index is 0.640. The fraction of sp³-hybridized carbons (Fsp3) is 0.0625. The van der Waals surface area contributed by atoms with Crippen molar-refractivity contribution in [1.29, 1.82) is 5.26 Å². The van der Waals surface area contributed by atoms with E-state index in [1.54, 1.807) is 6.08 Å². The summed E-state index contributed by atoms with van der Waals surface area (Å²) in [4.78, 5) is 0. The van der Waals surface area contributed by atoms with Crippen molar-refractivity contribution in [2.75, 3.05) is 5.73 Å². The molecule has 0 aliphatic rings. The first kappa shape index (κ1) is 11.9. The van der Waals surface area contributed by atoms with Gasteiger partial charge in [0.25, 0.3) is 0 Å². The Labute approximate surface area is 107 Å². The largest absolute Gasteiger partial charge is 0.398 e. The van der Waals surface area contributed by atoms with E-state index in [9.17, 15) is 5.26 Å². The van der Waals surface area contributed by atoms with Gasteiger partial charge in [0.2, 0.25) is 0 Å². The lowest BCUT2D eigenvalue weighted by Crippen LogP contribution is -1.94. The molecule has 18 heavy (non-hydrogen) atoms. The van der Waals surface area contributed by atoms with E-state index in [-0.39, 0.29) is 0 Å². The first-order valence-electron chi connectivity index (χ1n) is 5.70. The summed E-state index contributed by atoms with van der Waals surface area (Å²) in [5.74, 6) is 0. The van der Waals surface area contributed by atoms with Crippen molar-refractivity contribution in [3.8, 4) is 17.2 Å². The van der Waals surface area contributed by atoms with E-state index >= 15 is 0 Å². The highest BCUT2D eigenvalue weighted by molar-refractivity contribution is 5.80. The molecule has 2 heteroatoms. The summed E-state index contributed by atoms with van der Waals surface area (Å²) in [5.41, 5.74) is 11.0. The van der Waals surface area contributed by atoms with Gasteiger partial charge in [0.05, 0.1) is 5.56 Å². The van der Waals surface area contributed by atoms with Crippen LogP contribution in [0, 0.1) is 18.3 Å². The van der Waals surface area contributed by atoms with E-state index in [4.69, 9.17) is 5.73 Å². The Balaban J connectivity index is 2.76. The van der Waals surface area contributed by atoms with Gasteiger partial charge in [0.15, 0.2) is 0 Å². The van der Waals surface area contributed by atoms with Crippen LogP contribution < -0.4 is 5.73 Å². The molecular weight excluding hydrogens is 220 g/mol. The molecule has 0 spiro atoms. The average Bonchev–Trinajstić information content (AvgIpc) is 2.41. The predicted octanol–water partition coefficient (Wildman–Crippen LogP) is 3.76. The third kappa shape index (κ3) is 1.87. The average molecular weight is 234 g/mol. The minimum Gasteiger partial charge on any atom is -0.398 e. The number of nitriles is 1. The second kappa shape index (κ2) is 4.77. The summed E-state index contributed by atoms with van der Waals surface area (Å²) in [6, 6.07) is 13.7. The molecule has 2 N–H and O–H groups in total. The summed E-state index contributed by atoms with van der Waals surface area (Å²) in [6.07, 6.45) is 1.70. The molecule has 0 bridgehead atoms. The molecule has 2 nitrogen and oxygen atoms in total. The Morgan fingerprint density at radius 1 is 1.17 bits per heavy atom. The number of nitrogens with zero attached hydrogens (tertiary/aromatic N) is 1. The maximum absolute atomic E-state index is 9.32. The predicted molar refractivity (Wildman–Crippen MR) is 75.8 cm³/mol. The van der Waals surface area contributed by atoms with Gasteiger partial charge in [-0.15, -0.1) is 0 Å². The molecular formula is C16H14N2. The van der Waals surface area contributed by atoms with E-state index in [1.807, 2.05) is 43.3 Å². The Morgan fingerprint density at radius 3 is 2.50 bits per heavy atom. The third-order valence-corrected chi connectivity index (χ3v) is 3.09. The number of nitrogen functional groups attached to an aromatic ring is 1. The number of anilines is 1. The monoisotopic (exact) mass is 234 g/mol. The smallest absolute Gasteiger partial charge is 0.100 e. The van der Waals surface area contributed by atoms with E-state index in [0.29, 0.717) is 5.56 Å². The summed E-state index contributed by atoms with van der Waals surface area (Å²) in [6.45, 7) is 5.70. The van der Waals surface area contributed by atoms with Gasteiger partial charge in [-0.1, -0.05) is 43.0 Å². The van der Waals surface area contributed by atoms with Gasteiger partial charge in [-0.3, -0.25) is 0 Å². The molecule has 0 radical (unpaired) electrons. The van der Waals surface area contributed by atoms with E-state index in [0.717, 1.165) is 27.9 Å². The van der Waals surface area contributed by atoms with Gasteiger partial charge >= 0.3 is 0 Å². The minimum absolute atomic E-state index is 0.640. The molecule has 2 aromatic rings. The lowest BCUT2D eigenvalue weighted by atomic mass is 9.93. The number of benzene rings is 2. The van der Waals surface area contributed by atoms with Gasteiger partial charge in [-0.05, 0) is 29.7 Å². The number of nitrogens with two attached hydrogens (primary N) is 1. The van der Waals surface area contributed by atoms with Crippen molar-refractivity contribution in [3.63, 3.8) is 0 Å². The molecule has 0 unspecified atom stereocenters. The van der Waals surface area contributed by atoms with Crippen LogP contribution in [-0.4, -0.2) is 0 Å². The zero-order valence-corrected chi connectivity index (χ0v) is 10.3. The lowest BCUT2D eigenvalue weighted by Gasteiger charge is -2.11. The normalized spacial score (nSPS) is 9.78. The van der Waals surface area contributed by atoms with Gasteiger partial charge in [-0.25, -0.2) is 0 Å². The van der Waals surface area contributed by atoms with Crippen LogP contribution in [0.5, 0.6) is 0 Å². The van der Waals surface area contributed by atoms with Crippen molar-refractivity contribution < 1.29 is 0 Å². The highest BCUT2D eigenvalue weighted by atomic mass is 14.6. The first-order valence-corrected chi connectivity index (χ1v) is 5.70. The second-order valence-corrected chi connectivity index (χ2v) is 4.11. The molecule has 0 saturated carbocycles. The highest BCUT2D eigenvalue weighted by Crippen LogP contribution is 2.31. The Morgan fingerprint density at radius 2 is 1.83 bits per heavy atom. The highest BCUT2D eigenvalue weighted by Gasteiger charge is 2.10. The van der Waals surface area contributed by atoms with Crippen molar-refractivity contribution in [2.45, 2.75) is 6.92 Å². The topological polar surface area (TPSA) is 49.8 Å². The van der Waals surface area contributed by atoms with Gasteiger partial charge in [0, 0.05) is 11.3 Å². The van der Waals surface area contributed by atoms with Crippen LogP contribution in [-0.2, 0) is 0 Å². The first-order chi connectivity index (χ1) is 8.69. The van der Waals surface area contributed by atoms with Crippen LogP contribution in [0.3, 0.4) is 0 Å². The Bertz CT molecular complexity index is 649. The standard InChI is InChI=1S/C16H14N2/c1-3-12-6-4-8-14(15(12)10-17)13-7-5-9-16(18)11(13)2/h3-9H,1,18H2,2H3. The van der Waals surface area contributed by atoms with Crippen LogP contribution in [0.4, 0.5) is 5.69 Å². The maximum atomic E-state index is 9.32. The number of hydrogen-bond acceptors (Lipinski definition) is 2. The van der Waals surface area contributed by atoms with Gasteiger partial charge in [0.1, 0.15) is 6.07 Å². The molecule has 88 valence electrons. The molecule has 0 amide bonds. The molecule has 0 aliphatic carbocycles. The Kier molecular flexibility index (Phi) is 3.16. The van der Waals surface area contributed by atoms with Crippen molar-refractivity contribution in [3.05, 3.63) is 59.7 Å². The van der Waals surface area contributed by atoms with Crippen LogP contribution in [0.1, 0.15) is 16.7 Å². The van der Waals surface area contributed by atoms with Crippen molar-refractivity contribution >= 4 is 11.8 Å². The van der Waals surface area contributed by atoms with Crippen molar-refractivity contribution in [2.24, 2.45) is 0 Å². The molecule has 0 heterocycles. The zero-order chi connectivity index (χ0) is 13.1. The second-order valence-electron chi connectivity index (χ2n) is 4.11. The van der Waals surface area contributed by atoms with Crippen LogP contribution in [0.25, 0.3) is 17.2 Å². The van der Waals surface area contributed by atoms with Gasteiger partial charge < -0.3 is 5.73 Å². The summed E-state index contributed by atoms with van der Waals surface area (Å²) < 4.78 is 0.